The van der Waals surface area contributed by atoms with Crippen molar-refractivity contribution >= 4 is 28.8 Å². The fraction of sp³-hybridized carbons (Fsp3) is 0.522. The predicted molar refractivity (Wildman–Crippen MR) is 125 cm³/mol. The molecular formula is C23H25ClF5N5O2. The van der Waals surface area contributed by atoms with Gasteiger partial charge < -0.3 is 10.6 Å². The minimum absolute atomic E-state index is 0.00490. The van der Waals surface area contributed by atoms with E-state index < -0.39 is 34.5 Å². The quantitative estimate of drug-likeness (QED) is 0.222. The van der Waals surface area contributed by atoms with E-state index in [0.29, 0.717) is 12.1 Å². The van der Waals surface area contributed by atoms with Crippen LogP contribution in [0.5, 0.6) is 0 Å². The van der Waals surface area contributed by atoms with Crippen molar-refractivity contribution in [1.29, 1.82) is 0 Å². The Balaban J connectivity index is 1.66. The Morgan fingerprint density at radius 2 is 1.78 bits per heavy atom. The minimum Gasteiger partial charge on any atom is -0.378 e. The van der Waals surface area contributed by atoms with E-state index in [4.69, 9.17) is 17.3 Å². The maximum absolute atomic E-state index is 13.8. The Labute approximate surface area is 209 Å². The molecule has 13 heteroatoms. The molecule has 4 rings (SSSR count). The van der Waals surface area contributed by atoms with Crippen LogP contribution in [-0.4, -0.2) is 45.9 Å². The summed E-state index contributed by atoms with van der Waals surface area (Å²) >= 11 is 6.03. The first-order valence-corrected chi connectivity index (χ1v) is 11.7. The lowest BCUT2D eigenvalue weighted by Gasteiger charge is -2.52. The molecule has 2 fully saturated rings. The molecule has 1 aliphatic heterocycles. The fourth-order valence-electron chi connectivity index (χ4n) is 5.33. The highest BCUT2D eigenvalue weighted by Gasteiger charge is 2.51. The number of rotatable bonds is 5. The molecule has 0 radical (unpaired) electrons. The van der Waals surface area contributed by atoms with E-state index in [9.17, 15) is 32.1 Å². The van der Waals surface area contributed by atoms with Crippen molar-refractivity contribution in [3.05, 3.63) is 56.7 Å². The van der Waals surface area contributed by atoms with Crippen LogP contribution in [0.2, 0.25) is 5.15 Å². The van der Waals surface area contributed by atoms with E-state index in [1.54, 1.807) is 4.90 Å². The van der Waals surface area contributed by atoms with Gasteiger partial charge in [0.25, 0.3) is 0 Å². The summed E-state index contributed by atoms with van der Waals surface area (Å²) < 4.78 is 66.9. The van der Waals surface area contributed by atoms with Gasteiger partial charge in [-0.25, -0.2) is 13.8 Å². The van der Waals surface area contributed by atoms with Crippen LogP contribution in [0.25, 0.3) is 0 Å². The van der Waals surface area contributed by atoms with Crippen LogP contribution in [0.1, 0.15) is 43.9 Å². The number of nitrogens with zero attached hydrogens (tertiary/aromatic N) is 4. The largest absolute Gasteiger partial charge is 0.416 e. The number of halogens is 6. The van der Waals surface area contributed by atoms with Crippen LogP contribution in [-0.2, 0) is 6.18 Å². The van der Waals surface area contributed by atoms with Crippen molar-refractivity contribution in [3.8, 4) is 0 Å². The van der Waals surface area contributed by atoms with Crippen LogP contribution in [0.3, 0.4) is 0 Å². The molecule has 1 saturated heterocycles. The normalized spacial score (nSPS) is 23.8. The Kier molecular flexibility index (Phi) is 6.80. The SMILES string of the molecule is C[C@@H]1CN(c2cc(Cl)nc(N)c2[N+](=O)[O-])[C@@H](C)CN1C(c1ccc(C(F)(F)F)cc1)C1CC(F)(F)C1. The van der Waals surface area contributed by atoms with E-state index in [1.165, 1.54) is 18.2 Å². The Bertz CT molecular complexity index is 1140. The van der Waals surface area contributed by atoms with Gasteiger partial charge in [0, 0.05) is 50.1 Å². The van der Waals surface area contributed by atoms with Crippen molar-refractivity contribution in [1.82, 2.24) is 9.88 Å². The molecule has 1 aliphatic carbocycles. The van der Waals surface area contributed by atoms with Gasteiger partial charge in [0.2, 0.25) is 11.7 Å². The third-order valence-corrected chi connectivity index (χ3v) is 7.19. The molecule has 2 aromatic rings. The molecule has 2 heterocycles. The molecule has 1 saturated carbocycles. The van der Waals surface area contributed by atoms with Crippen LogP contribution < -0.4 is 10.6 Å². The van der Waals surface area contributed by atoms with Gasteiger partial charge in [-0.1, -0.05) is 23.7 Å². The molecule has 196 valence electrons. The van der Waals surface area contributed by atoms with E-state index in [0.717, 1.165) is 12.1 Å². The maximum Gasteiger partial charge on any atom is 0.416 e. The second-order valence-corrected chi connectivity index (χ2v) is 9.98. The molecule has 2 N–H and O–H groups in total. The average Bonchev–Trinajstić information content (AvgIpc) is 2.73. The molecule has 3 atom stereocenters. The Morgan fingerprint density at radius 3 is 2.31 bits per heavy atom. The van der Waals surface area contributed by atoms with Crippen molar-refractivity contribution in [2.75, 3.05) is 23.7 Å². The highest BCUT2D eigenvalue weighted by atomic mass is 35.5. The molecule has 0 spiro atoms. The Morgan fingerprint density at radius 1 is 1.17 bits per heavy atom. The molecular weight excluding hydrogens is 509 g/mol. The number of alkyl halides is 5. The highest BCUT2D eigenvalue weighted by Crippen LogP contribution is 2.51. The van der Waals surface area contributed by atoms with E-state index in [2.05, 4.69) is 4.98 Å². The zero-order chi connectivity index (χ0) is 26.6. The van der Waals surface area contributed by atoms with Gasteiger partial charge in [0.1, 0.15) is 10.8 Å². The summed E-state index contributed by atoms with van der Waals surface area (Å²) in [6, 6.07) is 4.86. The smallest absolute Gasteiger partial charge is 0.378 e. The van der Waals surface area contributed by atoms with Gasteiger partial charge in [0.05, 0.1) is 10.5 Å². The highest BCUT2D eigenvalue weighted by molar-refractivity contribution is 6.30. The number of nitro groups is 1. The monoisotopic (exact) mass is 533 g/mol. The molecule has 7 nitrogen and oxygen atoms in total. The number of aromatic nitrogens is 1. The first-order valence-electron chi connectivity index (χ1n) is 11.4. The minimum atomic E-state index is -4.51. The number of hydrogen-bond acceptors (Lipinski definition) is 6. The zero-order valence-corrected chi connectivity index (χ0v) is 20.2. The maximum atomic E-state index is 13.8. The molecule has 1 unspecified atom stereocenters. The van der Waals surface area contributed by atoms with Gasteiger partial charge >= 0.3 is 11.9 Å². The summed E-state index contributed by atoms with van der Waals surface area (Å²) in [6.45, 7) is 4.28. The van der Waals surface area contributed by atoms with Gasteiger partial charge in [-0.15, -0.1) is 0 Å². The third kappa shape index (κ3) is 5.06. The number of pyridine rings is 1. The summed E-state index contributed by atoms with van der Waals surface area (Å²) in [5.41, 5.74) is 5.32. The fourth-order valence-corrected chi connectivity index (χ4v) is 5.52. The standard InChI is InChI=1S/C23H25ClF5N5O2/c1-12-11-33(13(2)10-32(12)17-7-18(24)31-21(30)20(17)34(35)36)19(15-8-22(25,26)9-15)14-3-5-16(6-4-14)23(27,28)29/h3-7,12-13,15,19H,8-11H2,1-2H3,(H2,30,31)/t12-,13+,19?/m0/s1. The summed E-state index contributed by atoms with van der Waals surface area (Å²) in [4.78, 5) is 18.6. The molecule has 2 aliphatic rings. The van der Waals surface area contributed by atoms with E-state index in [1.807, 2.05) is 18.7 Å². The number of nitrogen functional groups attached to an aromatic ring is 1. The lowest BCUT2D eigenvalue weighted by atomic mass is 9.73. The van der Waals surface area contributed by atoms with Gasteiger partial charge in [-0.3, -0.25) is 15.0 Å². The molecule has 1 aromatic heterocycles. The van der Waals surface area contributed by atoms with Crippen molar-refractivity contribution in [2.24, 2.45) is 5.92 Å². The number of piperazine rings is 1. The molecule has 0 bridgehead atoms. The molecule has 0 amide bonds. The first kappa shape index (κ1) is 26.3. The number of hydrogen-bond donors (Lipinski definition) is 1. The van der Waals surface area contributed by atoms with Crippen LogP contribution in [0, 0.1) is 16.0 Å². The summed E-state index contributed by atoms with van der Waals surface area (Å²) in [6.07, 6.45) is -5.22. The summed E-state index contributed by atoms with van der Waals surface area (Å²) in [7, 11) is 0. The van der Waals surface area contributed by atoms with Crippen LogP contribution in [0.15, 0.2) is 30.3 Å². The summed E-state index contributed by atoms with van der Waals surface area (Å²) in [5, 5.41) is 11.7. The average molecular weight is 534 g/mol. The topological polar surface area (TPSA) is 88.5 Å². The van der Waals surface area contributed by atoms with Crippen molar-refractivity contribution in [3.63, 3.8) is 0 Å². The van der Waals surface area contributed by atoms with Crippen molar-refractivity contribution in [2.45, 2.75) is 56.9 Å². The van der Waals surface area contributed by atoms with Crippen LogP contribution in [0.4, 0.5) is 39.1 Å². The van der Waals surface area contributed by atoms with Crippen molar-refractivity contribution < 1.29 is 26.9 Å². The predicted octanol–water partition coefficient (Wildman–Crippen LogP) is 5.93. The number of nitrogens with two attached hydrogens (primary N) is 1. The van der Waals surface area contributed by atoms with Gasteiger partial charge in [-0.2, -0.15) is 13.2 Å². The first-order chi connectivity index (χ1) is 16.7. The third-order valence-electron chi connectivity index (χ3n) is 7.00. The number of anilines is 2. The van der Waals surface area contributed by atoms with E-state index in [-0.39, 0.29) is 53.8 Å². The van der Waals surface area contributed by atoms with Gasteiger partial charge in [0.15, 0.2) is 0 Å². The molecule has 1 aromatic carbocycles. The summed E-state index contributed by atoms with van der Waals surface area (Å²) in [5.74, 6) is -3.57. The van der Waals surface area contributed by atoms with E-state index >= 15 is 0 Å². The lowest BCUT2D eigenvalue weighted by molar-refractivity contribution is -0.383. The van der Waals surface area contributed by atoms with Crippen LogP contribution >= 0.6 is 11.6 Å². The number of benzene rings is 1. The zero-order valence-electron chi connectivity index (χ0n) is 19.5. The van der Waals surface area contributed by atoms with Gasteiger partial charge in [-0.05, 0) is 37.5 Å². The second kappa shape index (κ2) is 9.29. The lowest BCUT2D eigenvalue weighted by Crippen LogP contribution is -2.59. The molecule has 36 heavy (non-hydrogen) atoms. The Hall–Kier alpha value is -2.73. The second-order valence-electron chi connectivity index (χ2n) is 9.59.